The summed E-state index contributed by atoms with van der Waals surface area (Å²) in [6, 6.07) is 8.62. The number of aromatic nitrogens is 3. The number of nitrogens with zero attached hydrogens (tertiary/aromatic N) is 3. The first-order valence-electron chi connectivity index (χ1n) is 9.86. The first-order valence-corrected chi connectivity index (χ1v) is 14.2. The number of nitrogens with two attached hydrogens (primary N) is 1. The number of halogens is 1. The molecule has 0 radical (unpaired) electrons. The number of hydrogen-bond donors (Lipinski definition) is 6. The molecule has 0 saturated heterocycles. The lowest BCUT2D eigenvalue weighted by molar-refractivity contribution is 0.481. The Bertz CT molecular complexity index is 1940. The summed E-state index contributed by atoms with van der Waals surface area (Å²) in [5.74, 6) is -0.952. The van der Waals surface area contributed by atoms with Crippen LogP contribution >= 0.6 is 0 Å². The van der Waals surface area contributed by atoms with Gasteiger partial charge in [-0.05, 0) is 53.2 Å². The van der Waals surface area contributed by atoms with Crippen LogP contribution in [-0.2, 0) is 30.4 Å². The van der Waals surface area contributed by atoms with Crippen LogP contribution in [0.3, 0.4) is 0 Å². The van der Waals surface area contributed by atoms with Gasteiger partial charge in [0.2, 0.25) is 11.9 Å². The van der Waals surface area contributed by atoms with Gasteiger partial charge in [0.05, 0.1) is 16.3 Å². The first-order chi connectivity index (χ1) is 17.5. The van der Waals surface area contributed by atoms with E-state index in [1.807, 2.05) is 0 Å². The summed E-state index contributed by atoms with van der Waals surface area (Å²) in [7, 11) is -14.1. The van der Waals surface area contributed by atoms with Crippen molar-refractivity contribution in [2.45, 2.75) is 14.7 Å². The molecule has 1 aromatic heterocycles. The summed E-state index contributed by atoms with van der Waals surface area (Å²) < 4.78 is 112. The van der Waals surface area contributed by atoms with E-state index in [2.05, 4.69) is 25.6 Å². The molecule has 0 fully saturated rings. The van der Waals surface area contributed by atoms with Gasteiger partial charge in [0.1, 0.15) is 9.79 Å². The van der Waals surface area contributed by atoms with Gasteiger partial charge < -0.3 is 16.4 Å². The Morgan fingerprint density at radius 2 is 1.32 bits per heavy atom. The van der Waals surface area contributed by atoms with Gasteiger partial charge in [0.15, 0.2) is 0 Å². The van der Waals surface area contributed by atoms with Crippen LogP contribution in [0.25, 0.3) is 10.8 Å². The zero-order valence-corrected chi connectivity index (χ0v) is 20.9. The third-order valence-corrected chi connectivity index (χ3v) is 7.56. The van der Waals surface area contributed by atoms with Crippen molar-refractivity contribution in [1.29, 1.82) is 0 Å². The van der Waals surface area contributed by atoms with Crippen LogP contribution in [0.1, 0.15) is 0 Å². The number of rotatable bonds is 7. The minimum Gasteiger partial charge on any atom is -0.398 e. The zero-order chi connectivity index (χ0) is 28.0. The lowest BCUT2D eigenvalue weighted by Crippen LogP contribution is -2.09. The molecular weight excluding hydrogens is 571 g/mol. The number of nitrogen functional groups attached to an aromatic ring is 1. The van der Waals surface area contributed by atoms with Crippen LogP contribution in [0.15, 0.2) is 63.2 Å². The van der Waals surface area contributed by atoms with Crippen molar-refractivity contribution in [2.24, 2.45) is 0 Å². The maximum absolute atomic E-state index is 14.1. The van der Waals surface area contributed by atoms with E-state index >= 15 is 0 Å². The first kappa shape index (κ1) is 27.0. The van der Waals surface area contributed by atoms with Gasteiger partial charge in [-0.3, -0.25) is 13.7 Å². The summed E-state index contributed by atoms with van der Waals surface area (Å²) >= 11 is 0. The predicted molar refractivity (Wildman–Crippen MR) is 131 cm³/mol. The van der Waals surface area contributed by atoms with Gasteiger partial charge in [-0.15, -0.1) is 0 Å². The van der Waals surface area contributed by atoms with Crippen LogP contribution in [-0.4, -0.2) is 53.9 Å². The van der Waals surface area contributed by atoms with E-state index in [9.17, 15) is 38.7 Å². The number of benzene rings is 3. The standard InChI is InChI=1S/C19H15FN6O9S3/c20-17-24-18(22-11-2-4-15(13(21)8-11)37(30,31)32)26-19(25-17)23-14-6-9-1-3-12(36(27,28)29)5-10(9)7-16(14)38(33,34)35/h1-8H,21H2,(H,27,28,29)(H,30,31,32)(H,33,34,35)(H2,22,23,24,25,26). The zero-order valence-electron chi connectivity index (χ0n) is 18.4. The second kappa shape index (κ2) is 9.38. The Kier molecular flexibility index (Phi) is 6.67. The SMILES string of the molecule is Nc1cc(Nc2nc(F)nc(Nc3cc4ccc(S(=O)(=O)O)cc4cc3S(=O)(=O)O)n2)ccc1S(=O)(=O)O. The summed E-state index contributed by atoms with van der Waals surface area (Å²) in [5.41, 5.74) is 5.04. The minimum atomic E-state index is -4.92. The number of hydrogen-bond acceptors (Lipinski definition) is 12. The topological polar surface area (TPSA) is 252 Å². The van der Waals surface area contributed by atoms with Gasteiger partial charge >= 0.3 is 6.08 Å². The molecular formula is C19H15FN6O9S3. The minimum absolute atomic E-state index is 0.0217. The third kappa shape index (κ3) is 5.93. The van der Waals surface area contributed by atoms with E-state index in [4.69, 9.17) is 10.3 Å². The molecule has 0 unspecified atom stereocenters. The molecule has 0 spiro atoms. The predicted octanol–water partition coefficient (Wildman–Crippen LogP) is 1.97. The highest BCUT2D eigenvalue weighted by atomic mass is 32.2. The fourth-order valence-corrected chi connectivity index (χ4v) is 5.08. The molecule has 4 aromatic rings. The van der Waals surface area contributed by atoms with Crippen molar-refractivity contribution in [3.8, 4) is 0 Å². The molecule has 0 atom stereocenters. The quantitative estimate of drug-likeness (QED) is 0.134. The largest absolute Gasteiger partial charge is 0.398 e. The van der Waals surface area contributed by atoms with Crippen LogP contribution in [0.5, 0.6) is 0 Å². The highest BCUT2D eigenvalue weighted by Crippen LogP contribution is 2.31. The summed E-state index contributed by atoms with van der Waals surface area (Å²) in [5, 5.41) is 5.26. The van der Waals surface area contributed by atoms with Crippen molar-refractivity contribution < 1.29 is 43.3 Å². The summed E-state index contributed by atoms with van der Waals surface area (Å²) in [6.07, 6.45) is -1.32. The van der Waals surface area contributed by atoms with E-state index in [1.54, 1.807) is 0 Å². The van der Waals surface area contributed by atoms with E-state index < -0.39 is 63.0 Å². The average Bonchev–Trinajstić information content (AvgIpc) is 2.75. The molecule has 0 aliphatic heterocycles. The molecule has 19 heteroatoms. The van der Waals surface area contributed by atoms with Crippen molar-refractivity contribution in [3.63, 3.8) is 0 Å². The highest BCUT2D eigenvalue weighted by molar-refractivity contribution is 7.86. The lowest BCUT2D eigenvalue weighted by Gasteiger charge is -2.13. The van der Waals surface area contributed by atoms with E-state index in [0.29, 0.717) is 0 Å². The van der Waals surface area contributed by atoms with E-state index in [-0.39, 0.29) is 27.8 Å². The molecule has 0 saturated carbocycles. The van der Waals surface area contributed by atoms with Crippen molar-refractivity contribution in [1.82, 2.24) is 15.0 Å². The maximum atomic E-state index is 14.1. The van der Waals surface area contributed by atoms with Gasteiger partial charge in [0.25, 0.3) is 30.4 Å². The average molecular weight is 587 g/mol. The molecule has 0 aliphatic rings. The van der Waals surface area contributed by atoms with Crippen LogP contribution < -0.4 is 16.4 Å². The smallest absolute Gasteiger partial charge is 0.315 e. The molecule has 38 heavy (non-hydrogen) atoms. The Morgan fingerprint density at radius 1 is 0.684 bits per heavy atom. The molecule has 200 valence electrons. The highest BCUT2D eigenvalue weighted by Gasteiger charge is 2.20. The van der Waals surface area contributed by atoms with Gasteiger partial charge in [-0.25, -0.2) is 0 Å². The molecule has 0 bridgehead atoms. The maximum Gasteiger partial charge on any atom is 0.315 e. The lowest BCUT2D eigenvalue weighted by atomic mass is 10.1. The Morgan fingerprint density at radius 3 is 1.89 bits per heavy atom. The molecule has 3 aromatic carbocycles. The molecule has 4 rings (SSSR count). The Balaban J connectivity index is 1.73. The van der Waals surface area contributed by atoms with Crippen molar-refractivity contribution >= 4 is 70.1 Å². The van der Waals surface area contributed by atoms with Crippen LogP contribution in [0.4, 0.5) is 33.3 Å². The second-order valence-electron chi connectivity index (χ2n) is 7.54. The third-order valence-electron chi connectivity index (χ3n) is 4.88. The molecule has 0 amide bonds. The fourth-order valence-electron chi connectivity index (χ4n) is 3.30. The van der Waals surface area contributed by atoms with Crippen molar-refractivity contribution in [3.05, 3.63) is 54.6 Å². The Labute approximate surface area is 213 Å². The van der Waals surface area contributed by atoms with Crippen LogP contribution in [0, 0.1) is 6.08 Å². The molecule has 1 heterocycles. The molecule has 7 N–H and O–H groups in total. The van der Waals surface area contributed by atoms with E-state index in [0.717, 1.165) is 30.3 Å². The summed E-state index contributed by atoms with van der Waals surface area (Å²) in [6.45, 7) is 0. The second-order valence-corrected chi connectivity index (χ2v) is 11.7. The molecule has 15 nitrogen and oxygen atoms in total. The van der Waals surface area contributed by atoms with E-state index in [1.165, 1.54) is 18.2 Å². The Hall–Kier alpha value is -4.01. The van der Waals surface area contributed by atoms with Crippen LogP contribution in [0.2, 0.25) is 0 Å². The number of nitrogens with one attached hydrogen (secondary N) is 2. The molecule has 0 aliphatic carbocycles. The normalized spacial score (nSPS) is 12.4. The number of anilines is 5. The van der Waals surface area contributed by atoms with Gasteiger partial charge in [0, 0.05) is 5.69 Å². The summed E-state index contributed by atoms with van der Waals surface area (Å²) in [4.78, 5) is 8.91. The fraction of sp³-hybridized carbons (Fsp3) is 0. The van der Waals surface area contributed by atoms with Crippen molar-refractivity contribution in [2.75, 3.05) is 16.4 Å². The monoisotopic (exact) mass is 586 g/mol. The van der Waals surface area contributed by atoms with Gasteiger partial charge in [-0.1, -0.05) is 6.07 Å². The van der Waals surface area contributed by atoms with Gasteiger partial charge in [-0.2, -0.15) is 44.6 Å². The number of fused-ring (bicyclic) bond motifs is 1.